The summed E-state index contributed by atoms with van der Waals surface area (Å²) >= 11 is 0. The van der Waals surface area contributed by atoms with Gasteiger partial charge in [-0.15, -0.1) is 0 Å². The summed E-state index contributed by atoms with van der Waals surface area (Å²) in [6, 6.07) is 3.94. The van der Waals surface area contributed by atoms with Crippen LogP contribution < -0.4 is 5.32 Å². The number of nitrogens with zero attached hydrogens (tertiary/aromatic N) is 1. The van der Waals surface area contributed by atoms with Gasteiger partial charge in [0.25, 0.3) is 5.69 Å². The van der Waals surface area contributed by atoms with E-state index in [4.69, 9.17) is 5.11 Å². The number of nitrogens with one attached hydrogen (secondary N) is 1. The fraction of sp³-hybridized carbons (Fsp3) is 0.500. The number of sulfone groups is 1. The van der Waals surface area contributed by atoms with Gasteiger partial charge in [-0.2, -0.15) is 0 Å². The first kappa shape index (κ1) is 16.4. The highest BCUT2D eigenvalue weighted by Crippen LogP contribution is 2.27. The van der Waals surface area contributed by atoms with Crippen LogP contribution in [0.3, 0.4) is 0 Å². The summed E-state index contributed by atoms with van der Waals surface area (Å²) in [7, 11) is -3.68. The number of anilines is 1. The molecule has 1 aromatic carbocycles. The molecule has 1 rings (SSSR count). The summed E-state index contributed by atoms with van der Waals surface area (Å²) in [5.74, 6) is 0. The lowest BCUT2D eigenvalue weighted by Crippen LogP contribution is -2.16. The maximum atomic E-state index is 11.6. The van der Waals surface area contributed by atoms with Crippen molar-refractivity contribution >= 4 is 21.2 Å². The van der Waals surface area contributed by atoms with Gasteiger partial charge in [-0.25, -0.2) is 8.42 Å². The van der Waals surface area contributed by atoms with Crippen molar-refractivity contribution in [3.63, 3.8) is 0 Å². The van der Waals surface area contributed by atoms with E-state index < -0.39 is 20.4 Å². The van der Waals surface area contributed by atoms with E-state index in [0.29, 0.717) is 18.5 Å². The number of nitro benzene ring substituents is 1. The number of hydrogen-bond acceptors (Lipinski definition) is 6. The molecule has 8 heteroatoms. The Morgan fingerprint density at radius 3 is 2.60 bits per heavy atom. The van der Waals surface area contributed by atoms with Crippen molar-refractivity contribution in [3.05, 3.63) is 28.3 Å². The number of nitro groups is 1. The van der Waals surface area contributed by atoms with E-state index in [9.17, 15) is 18.5 Å². The van der Waals surface area contributed by atoms with E-state index in [1.54, 1.807) is 0 Å². The Hall–Kier alpha value is -1.67. The van der Waals surface area contributed by atoms with Crippen molar-refractivity contribution in [1.29, 1.82) is 0 Å². The molecule has 7 nitrogen and oxygen atoms in total. The molecular formula is C12H18N2O5S. The Balaban J connectivity index is 3.05. The second-order valence-corrected chi connectivity index (χ2v) is 6.61. The van der Waals surface area contributed by atoms with Gasteiger partial charge in [-0.05, 0) is 31.9 Å². The molecule has 0 aromatic heterocycles. The fourth-order valence-corrected chi connectivity index (χ4v) is 2.67. The van der Waals surface area contributed by atoms with Crippen LogP contribution in [0.2, 0.25) is 0 Å². The minimum atomic E-state index is -3.68. The molecule has 0 amide bonds. The topological polar surface area (TPSA) is 110 Å². The first-order valence-corrected chi connectivity index (χ1v) is 8.00. The fourth-order valence-electron chi connectivity index (χ4n) is 1.81. The Kier molecular flexibility index (Phi) is 5.46. The third-order valence-electron chi connectivity index (χ3n) is 2.76. The van der Waals surface area contributed by atoms with Crippen molar-refractivity contribution in [2.24, 2.45) is 0 Å². The zero-order valence-corrected chi connectivity index (χ0v) is 12.2. The lowest BCUT2D eigenvalue weighted by molar-refractivity contribution is -0.387. The summed E-state index contributed by atoms with van der Waals surface area (Å²) in [4.78, 5) is 9.82. The molecule has 0 aliphatic heterocycles. The number of aliphatic hydroxyl groups excluding tert-OH is 1. The Bertz CT molecular complexity index is 586. The molecular weight excluding hydrogens is 284 g/mol. The van der Waals surface area contributed by atoms with Crippen LogP contribution in [0.25, 0.3) is 0 Å². The van der Waals surface area contributed by atoms with E-state index in [2.05, 4.69) is 5.32 Å². The lowest BCUT2D eigenvalue weighted by Gasteiger charge is -2.15. The first-order chi connectivity index (χ1) is 9.25. The summed E-state index contributed by atoms with van der Waals surface area (Å²) < 4.78 is 23.2. The molecule has 0 heterocycles. The maximum absolute atomic E-state index is 11.6. The van der Waals surface area contributed by atoms with E-state index in [1.165, 1.54) is 18.2 Å². The number of rotatable bonds is 7. The number of aliphatic hydroxyl groups is 1. The first-order valence-electron chi connectivity index (χ1n) is 6.11. The summed E-state index contributed by atoms with van der Waals surface area (Å²) in [6.07, 6.45) is 2.27. The van der Waals surface area contributed by atoms with Gasteiger partial charge in [0.05, 0.1) is 4.92 Å². The van der Waals surface area contributed by atoms with Crippen LogP contribution in [0.5, 0.6) is 0 Å². The molecule has 0 fully saturated rings. The van der Waals surface area contributed by atoms with Crippen molar-refractivity contribution in [2.75, 3.05) is 18.2 Å². The predicted octanol–water partition coefficient (Wildman–Crippen LogP) is 1.57. The average Bonchev–Trinajstić information content (AvgIpc) is 2.35. The van der Waals surface area contributed by atoms with Gasteiger partial charge in [0.2, 0.25) is 0 Å². The molecule has 112 valence electrons. The number of benzene rings is 1. The van der Waals surface area contributed by atoms with Crippen LogP contribution in [-0.4, -0.2) is 37.4 Å². The molecule has 1 atom stereocenters. The minimum Gasteiger partial charge on any atom is -0.396 e. The largest absolute Gasteiger partial charge is 0.396 e. The SMILES string of the molecule is CC(CCCO)Nc1ccc([N+](=O)[O-])c(S(C)(=O)=O)c1. The van der Waals surface area contributed by atoms with E-state index in [0.717, 1.165) is 6.26 Å². The zero-order chi connectivity index (χ0) is 15.3. The van der Waals surface area contributed by atoms with Gasteiger partial charge in [-0.1, -0.05) is 0 Å². The van der Waals surface area contributed by atoms with Crippen molar-refractivity contribution in [2.45, 2.75) is 30.7 Å². The van der Waals surface area contributed by atoms with E-state index >= 15 is 0 Å². The van der Waals surface area contributed by atoms with Crippen LogP contribution >= 0.6 is 0 Å². The third kappa shape index (κ3) is 4.46. The van der Waals surface area contributed by atoms with Gasteiger partial charge in [0, 0.05) is 30.7 Å². The summed E-state index contributed by atoms with van der Waals surface area (Å²) in [5, 5.41) is 22.6. The Morgan fingerprint density at radius 2 is 2.10 bits per heavy atom. The second kappa shape index (κ2) is 6.67. The minimum absolute atomic E-state index is 0.0241. The molecule has 2 N–H and O–H groups in total. The molecule has 1 aromatic rings. The van der Waals surface area contributed by atoms with Gasteiger partial charge >= 0.3 is 0 Å². The highest BCUT2D eigenvalue weighted by atomic mass is 32.2. The van der Waals surface area contributed by atoms with Gasteiger partial charge < -0.3 is 10.4 Å². The summed E-state index contributed by atoms with van der Waals surface area (Å²) in [5.41, 5.74) is 0.0718. The number of hydrogen-bond donors (Lipinski definition) is 2. The normalized spacial score (nSPS) is 12.9. The monoisotopic (exact) mass is 302 g/mol. The molecule has 1 unspecified atom stereocenters. The molecule has 0 aliphatic carbocycles. The van der Waals surface area contributed by atoms with Crippen molar-refractivity contribution in [1.82, 2.24) is 0 Å². The van der Waals surface area contributed by atoms with Crippen molar-refractivity contribution in [3.8, 4) is 0 Å². The molecule has 0 spiro atoms. The van der Waals surface area contributed by atoms with Crippen LogP contribution in [0.4, 0.5) is 11.4 Å². The van der Waals surface area contributed by atoms with Crippen LogP contribution in [0.1, 0.15) is 19.8 Å². The molecule has 0 saturated carbocycles. The smallest absolute Gasteiger partial charge is 0.288 e. The lowest BCUT2D eigenvalue weighted by atomic mass is 10.1. The van der Waals surface area contributed by atoms with Crippen LogP contribution in [-0.2, 0) is 9.84 Å². The third-order valence-corrected chi connectivity index (χ3v) is 3.89. The maximum Gasteiger partial charge on any atom is 0.288 e. The molecule has 0 radical (unpaired) electrons. The quantitative estimate of drug-likeness (QED) is 0.584. The van der Waals surface area contributed by atoms with E-state index in [1.807, 2.05) is 6.92 Å². The Morgan fingerprint density at radius 1 is 1.45 bits per heavy atom. The molecule has 0 bridgehead atoms. The van der Waals surface area contributed by atoms with Crippen molar-refractivity contribution < 1.29 is 18.4 Å². The standard InChI is InChI=1S/C12H18N2O5S/c1-9(4-3-7-15)13-10-5-6-11(14(16)17)12(8-10)20(2,18)19/h5-6,8-9,13,15H,3-4,7H2,1-2H3. The highest BCUT2D eigenvalue weighted by molar-refractivity contribution is 7.90. The van der Waals surface area contributed by atoms with Crippen LogP contribution in [0.15, 0.2) is 23.1 Å². The molecule has 20 heavy (non-hydrogen) atoms. The van der Waals surface area contributed by atoms with Gasteiger partial charge in [-0.3, -0.25) is 10.1 Å². The average molecular weight is 302 g/mol. The molecule has 0 aliphatic rings. The summed E-state index contributed by atoms with van der Waals surface area (Å²) in [6.45, 7) is 1.97. The Labute approximate surface area is 117 Å². The van der Waals surface area contributed by atoms with Gasteiger partial charge in [0.15, 0.2) is 9.84 Å². The predicted molar refractivity (Wildman–Crippen MR) is 75.6 cm³/mol. The van der Waals surface area contributed by atoms with E-state index in [-0.39, 0.29) is 17.5 Å². The van der Waals surface area contributed by atoms with Gasteiger partial charge in [0.1, 0.15) is 4.90 Å². The zero-order valence-electron chi connectivity index (χ0n) is 11.4. The molecule has 0 saturated heterocycles. The van der Waals surface area contributed by atoms with Crippen LogP contribution in [0, 0.1) is 10.1 Å². The second-order valence-electron chi connectivity index (χ2n) is 4.62. The highest BCUT2D eigenvalue weighted by Gasteiger charge is 2.22.